The summed E-state index contributed by atoms with van der Waals surface area (Å²) in [5.41, 5.74) is 0.847. The van der Waals surface area contributed by atoms with Crippen LogP contribution in [0.3, 0.4) is 0 Å². The number of rotatable bonds is 6. The molecule has 1 aliphatic rings. The Bertz CT molecular complexity index is 482. The molecule has 0 spiro atoms. The van der Waals surface area contributed by atoms with Crippen LogP contribution in [0.15, 0.2) is 24.3 Å². The quantitative estimate of drug-likeness (QED) is 0.807. The molecule has 0 aromatic heterocycles. The van der Waals surface area contributed by atoms with Gasteiger partial charge in [0, 0.05) is 6.54 Å². The van der Waals surface area contributed by atoms with E-state index in [9.17, 15) is 14.7 Å². The first-order valence-electron chi connectivity index (χ1n) is 6.94. The lowest BCUT2D eigenvalue weighted by Crippen LogP contribution is -2.42. The van der Waals surface area contributed by atoms with E-state index in [1.165, 1.54) is 0 Å². The van der Waals surface area contributed by atoms with Crippen LogP contribution in [0.5, 0.6) is 0 Å². The maximum atomic E-state index is 12.1. The van der Waals surface area contributed by atoms with E-state index in [0.717, 1.165) is 18.0 Å². The molecule has 1 aromatic rings. The molecule has 1 aliphatic heterocycles. The average molecular weight is 313 g/mol. The van der Waals surface area contributed by atoms with Gasteiger partial charge in [0.1, 0.15) is 0 Å². The highest BCUT2D eigenvalue weighted by Crippen LogP contribution is 2.22. The molecule has 2 rings (SSSR count). The number of benzene rings is 1. The van der Waals surface area contributed by atoms with Crippen LogP contribution >= 0.6 is 12.4 Å². The molecule has 0 fully saturated rings. The van der Waals surface area contributed by atoms with E-state index in [0.29, 0.717) is 17.7 Å². The van der Waals surface area contributed by atoms with Gasteiger partial charge in [0.15, 0.2) is 0 Å². The third kappa shape index (κ3) is 3.61. The van der Waals surface area contributed by atoms with Gasteiger partial charge in [-0.2, -0.15) is 0 Å². The van der Waals surface area contributed by atoms with Gasteiger partial charge in [-0.3, -0.25) is 14.5 Å². The van der Waals surface area contributed by atoms with Crippen molar-refractivity contribution < 1.29 is 14.7 Å². The third-order valence-electron chi connectivity index (χ3n) is 3.63. The number of aliphatic hydroxyl groups excluding tert-OH is 1. The topological polar surface area (TPSA) is 60.9 Å². The van der Waals surface area contributed by atoms with Gasteiger partial charge in [0.05, 0.1) is 23.8 Å². The van der Waals surface area contributed by atoms with Gasteiger partial charge < -0.3 is 10.0 Å². The lowest BCUT2D eigenvalue weighted by molar-refractivity contribution is 0.0482. The second-order valence-corrected chi connectivity index (χ2v) is 4.91. The number of amides is 2. The van der Waals surface area contributed by atoms with Crippen LogP contribution in [-0.2, 0) is 0 Å². The van der Waals surface area contributed by atoms with Crippen molar-refractivity contribution in [2.75, 3.05) is 26.2 Å². The number of nitrogens with zero attached hydrogens (tertiary/aromatic N) is 2. The van der Waals surface area contributed by atoms with Gasteiger partial charge in [-0.1, -0.05) is 26.0 Å². The second-order valence-electron chi connectivity index (χ2n) is 4.91. The molecule has 6 heteroatoms. The number of carbonyl (C=O) groups excluding carboxylic acids is 2. The Morgan fingerprint density at radius 1 is 1.10 bits per heavy atom. The van der Waals surface area contributed by atoms with E-state index in [1.807, 2.05) is 13.8 Å². The summed E-state index contributed by atoms with van der Waals surface area (Å²) in [4.78, 5) is 27.5. The molecule has 0 saturated heterocycles. The Hall–Kier alpha value is -1.43. The van der Waals surface area contributed by atoms with E-state index < -0.39 is 6.10 Å². The lowest BCUT2D eigenvalue weighted by Gasteiger charge is -2.24. The fourth-order valence-electron chi connectivity index (χ4n) is 2.45. The van der Waals surface area contributed by atoms with Crippen molar-refractivity contribution in [1.29, 1.82) is 0 Å². The molecule has 116 valence electrons. The number of likely N-dealkylation sites (N-methyl/N-ethyl adjacent to an activating group) is 1. The standard InChI is InChI=1S/C15H20N2O3.ClH/c1-3-16(4-2)9-11(18)10-17-14(19)12-7-5-6-8-13(12)15(17)20;/h5-8,11,18H,3-4,9-10H2,1-2H3;1H. The fraction of sp³-hybridized carbons (Fsp3) is 0.467. The molecule has 1 N–H and O–H groups in total. The van der Waals surface area contributed by atoms with Crippen LogP contribution in [0.4, 0.5) is 0 Å². The zero-order valence-electron chi connectivity index (χ0n) is 12.3. The average Bonchev–Trinajstić information content (AvgIpc) is 2.70. The van der Waals surface area contributed by atoms with Crippen LogP contribution in [0.25, 0.3) is 0 Å². The summed E-state index contributed by atoms with van der Waals surface area (Å²) >= 11 is 0. The number of halogens is 1. The first-order chi connectivity index (χ1) is 9.58. The first kappa shape index (κ1) is 17.6. The maximum Gasteiger partial charge on any atom is 0.261 e. The Kier molecular flexibility index (Phi) is 6.33. The molecule has 0 aliphatic carbocycles. The third-order valence-corrected chi connectivity index (χ3v) is 3.63. The van der Waals surface area contributed by atoms with Crippen molar-refractivity contribution in [1.82, 2.24) is 9.80 Å². The minimum atomic E-state index is -0.725. The number of β-amino-alcohol motifs (C(OH)–C–C–N with tert-alkyl or cyclic N) is 1. The Balaban J connectivity index is 0.00000220. The van der Waals surface area contributed by atoms with Crippen molar-refractivity contribution in [3.63, 3.8) is 0 Å². The van der Waals surface area contributed by atoms with Gasteiger partial charge >= 0.3 is 0 Å². The summed E-state index contributed by atoms with van der Waals surface area (Å²) in [6.45, 7) is 6.19. The van der Waals surface area contributed by atoms with E-state index in [-0.39, 0.29) is 30.8 Å². The molecule has 1 aromatic carbocycles. The van der Waals surface area contributed by atoms with Gasteiger partial charge in [-0.05, 0) is 25.2 Å². The molecule has 0 radical (unpaired) electrons. The fourth-order valence-corrected chi connectivity index (χ4v) is 2.45. The normalized spacial score (nSPS) is 15.1. The molecule has 0 saturated carbocycles. The predicted molar refractivity (Wildman–Crippen MR) is 82.9 cm³/mol. The van der Waals surface area contributed by atoms with Gasteiger partial charge in [-0.25, -0.2) is 0 Å². The van der Waals surface area contributed by atoms with E-state index in [2.05, 4.69) is 4.90 Å². The van der Waals surface area contributed by atoms with Crippen LogP contribution in [0.1, 0.15) is 34.6 Å². The minimum absolute atomic E-state index is 0. The summed E-state index contributed by atoms with van der Waals surface area (Å²) in [5, 5.41) is 10.1. The molecule has 1 atom stereocenters. The van der Waals surface area contributed by atoms with Crippen LogP contribution in [0.2, 0.25) is 0 Å². The van der Waals surface area contributed by atoms with Crippen molar-refractivity contribution in [2.45, 2.75) is 20.0 Å². The van der Waals surface area contributed by atoms with Gasteiger partial charge in [0.2, 0.25) is 0 Å². The van der Waals surface area contributed by atoms with Crippen LogP contribution < -0.4 is 0 Å². The molecule has 1 unspecified atom stereocenters. The molecule has 5 nitrogen and oxygen atoms in total. The molecule has 0 bridgehead atoms. The zero-order chi connectivity index (χ0) is 14.7. The summed E-state index contributed by atoms with van der Waals surface area (Å²) in [6, 6.07) is 6.76. The summed E-state index contributed by atoms with van der Waals surface area (Å²) in [5.74, 6) is -0.631. The molecule has 1 heterocycles. The minimum Gasteiger partial charge on any atom is -0.390 e. The van der Waals surface area contributed by atoms with Gasteiger partial charge in [-0.15, -0.1) is 12.4 Å². The Morgan fingerprint density at radius 3 is 2.00 bits per heavy atom. The van der Waals surface area contributed by atoms with Crippen molar-refractivity contribution in [3.05, 3.63) is 35.4 Å². The summed E-state index contributed by atoms with van der Waals surface area (Å²) in [6.07, 6.45) is -0.725. The number of hydrogen-bond donors (Lipinski definition) is 1. The highest BCUT2D eigenvalue weighted by atomic mass is 35.5. The number of carbonyl (C=O) groups is 2. The maximum absolute atomic E-state index is 12.1. The van der Waals surface area contributed by atoms with Gasteiger partial charge in [0.25, 0.3) is 11.8 Å². The van der Waals surface area contributed by atoms with Crippen LogP contribution in [0, 0.1) is 0 Å². The largest absolute Gasteiger partial charge is 0.390 e. The molecule has 21 heavy (non-hydrogen) atoms. The number of fused-ring (bicyclic) bond motifs is 1. The van der Waals surface area contributed by atoms with Crippen molar-refractivity contribution >= 4 is 24.2 Å². The number of aliphatic hydroxyl groups is 1. The molecule has 2 amide bonds. The monoisotopic (exact) mass is 312 g/mol. The lowest BCUT2D eigenvalue weighted by atomic mass is 10.1. The summed E-state index contributed by atoms with van der Waals surface area (Å²) < 4.78 is 0. The van der Waals surface area contributed by atoms with Crippen LogP contribution in [-0.4, -0.2) is 59.0 Å². The van der Waals surface area contributed by atoms with E-state index >= 15 is 0 Å². The van der Waals surface area contributed by atoms with Crippen molar-refractivity contribution in [3.8, 4) is 0 Å². The molecular formula is C15H21ClN2O3. The van der Waals surface area contributed by atoms with E-state index in [4.69, 9.17) is 0 Å². The Labute approximate surface area is 131 Å². The second kappa shape index (κ2) is 7.54. The smallest absolute Gasteiger partial charge is 0.261 e. The Morgan fingerprint density at radius 2 is 1.57 bits per heavy atom. The number of hydrogen-bond acceptors (Lipinski definition) is 4. The molecular weight excluding hydrogens is 292 g/mol. The van der Waals surface area contributed by atoms with E-state index in [1.54, 1.807) is 24.3 Å². The number of imide groups is 1. The zero-order valence-corrected chi connectivity index (χ0v) is 13.1. The predicted octanol–water partition coefficient (Wildman–Crippen LogP) is 1.41. The highest BCUT2D eigenvalue weighted by molar-refractivity contribution is 6.21. The van der Waals surface area contributed by atoms with Crippen molar-refractivity contribution in [2.24, 2.45) is 0 Å². The highest BCUT2D eigenvalue weighted by Gasteiger charge is 2.36. The first-order valence-corrected chi connectivity index (χ1v) is 6.94. The SMILES string of the molecule is CCN(CC)CC(O)CN1C(=O)c2ccccc2C1=O.Cl. The summed E-state index contributed by atoms with van der Waals surface area (Å²) in [7, 11) is 0.